The van der Waals surface area contributed by atoms with Crippen LogP contribution in [0.3, 0.4) is 0 Å². The highest BCUT2D eigenvalue weighted by molar-refractivity contribution is 6.23. The van der Waals surface area contributed by atoms with Crippen molar-refractivity contribution in [1.29, 1.82) is 0 Å². The Kier molecular flexibility index (Phi) is 3.43. The number of amides is 2. The Hall–Kier alpha value is -3.10. The van der Waals surface area contributed by atoms with Gasteiger partial charge in [0.2, 0.25) is 5.89 Å². The molecule has 0 aliphatic carbocycles. The van der Waals surface area contributed by atoms with Crippen LogP contribution in [0.25, 0.3) is 0 Å². The highest BCUT2D eigenvalue weighted by Gasteiger charge is 2.41. The van der Waals surface area contributed by atoms with Crippen LogP contribution in [0.2, 0.25) is 0 Å². The zero-order valence-electron chi connectivity index (χ0n) is 13.3. The average molecular weight is 330 g/mol. The van der Waals surface area contributed by atoms with Gasteiger partial charge < -0.3 is 4.52 Å². The number of benzene rings is 1. The van der Waals surface area contributed by atoms with Gasteiger partial charge in [-0.15, -0.1) is 0 Å². The third-order valence-corrected chi connectivity index (χ3v) is 3.61. The van der Waals surface area contributed by atoms with Crippen LogP contribution in [0.15, 0.2) is 22.7 Å². The molecule has 0 N–H and O–H groups in total. The van der Waals surface area contributed by atoms with E-state index in [0.717, 1.165) is 4.90 Å². The molecule has 3 rings (SSSR count). The summed E-state index contributed by atoms with van der Waals surface area (Å²) in [5, 5.41) is 14.9. The summed E-state index contributed by atoms with van der Waals surface area (Å²) < 4.78 is 5.09. The average Bonchev–Trinajstić information content (AvgIpc) is 3.07. The summed E-state index contributed by atoms with van der Waals surface area (Å²) >= 11 is 0. The smallest absolute Gasteiger partial charge is 0.282 e. The number of fused-ring (bicyclic) bond motifs is 1. The second-order valence-electron chi connectivity index (χ2n) is 6.41. The normalized spacial score (nSPS) is 14.2. The van der Waals surface area contributed by atoms with Crippen molar-refractivity contribution < 1.29 is 19.0 Å². The van der Waals surface area contributed by atoms with E-state index >= 15 is 0 Å². The number of hydrogen-bond acceptors (Lipinski definition) is 7. The third-order valence-electron chi connectivity index (χ3n) is 3.61. The van der Waals surface area contributed by atoms with Crippen LogP contribution in [-0.4, -0.2) is 31.8 Å². The monoisotopic (exact) mass is 330 g/mol. The van der Waals surface area contributed by atoms with Gasteiger partial charge in [-0.05, 0) is 6.07 Å². The fourth-order valence-electron chi connectivity index (χ4n) is 2.37. The van der Waals surface area contributed by atoms with Gasteiger partial charge in [-0.2, -0.15) is 4.98 Å². The fourth-order valence-corrected chi connectivity index (χ4v) is 2.37. The minimum Gasteiger partial charge on any atom is -0.337 e. The van der Waals surface area contributed by atoms with Crippen molar-refractivity contribution in [2.75, 3.05) is 0 Å². The molecule has 9 heteroatoms. The topological polar surface area (TPSA) is 119 Å². The second-order valence-corrected chi connectivity index (χ2v) is 6.41. The number of hydrogen-bond donors (Lipinski definition) is 0. The summed E-state index contributed by atoms with van der Waals surface area (Å²) in [6.45, 7) is 5.46. The van der Waals surface area contributed by atoms with Crippen LogP contribution in [0.4, 0.5) is 5.69 Å². The molecule has 124 valence electrons. The Labute approximate surface area is 136 Å². The number of nitrogens with zero attached hydrogens (tertiary/aromatic N) is 4. The Balaban J connectivity index is 1.93. The van der Waals surface area contributed by atoms with Gasteiger partial charge in [-0.1, -0.05) is 32.0 Å². The molecule has 1 aliphatic heterocycles. The molecule has 2 amide bonds. The van der Waals surface area contributed by atoms with Gasteiger partial charge in [0.25, 0.3) is 17.5 Å². The second kappa shape index (κ2) is 5.22. The zero-order chi connectivity index (χ0) is 17.6. The molecular formula is C15H14N4O5. The molecule has 0 atom stereocenters. The van der Waals surface area contributed by atoms with Gasteiger partial charge in [-0.25, -0.2) is 0 Å². The SMILES string of the molecule is CC(C)(C)c1noc(CN2C(=O)c3cccc([N+](=O)[O-])c3C2=O)n1. The number of carbonyl (C=O) groups is 2. The number of imide groups is 1. The molecule has 1 aliphatic rings. The van der Waals surface area contributed by atoms with Crippen molar-refractivity contribution in [3.63, 3.8) is 0 Å². The molecule has 0 unspecified atom stereocenters. The number of rotatable bonds is 3. The Morgan fingerprint density at radius 1 is 1.25 bits per heavy atom. The van der Waals surface area contributed by atoms with E-state index in [0.29, 0.717) is 5.82 Å². The lowest BCUT2D eigenvalue weighted by atomic mass is 9.96. The van der Waals surface area contributed by atoms with Gasteiger partial charge in [0.1, 0.15) is 12.1 Å². The lowest BCUT2D eigenvalue weighted by Crippen LogP contribution is -2.29. The molecular weight excluding hydrogens is 316 g/mol. The number of nitro benzene ring substituents is 1. The zero-order valence-corrected chi connectivity index (χ0v) is 13.3. The van der Waals surface area contributed by atoms with Gasteiger partial charge >= 0.3 is 0 Å². The first-order chi connectivity index (χ1) is 11.2. The number of aromatic nitrogens is 2. The van der Waals surface area contributed by atoms with Crippen LogP contribution in [0.1, 0.15) is 53.2 Å². The maximum absolute atomic E-state index is 12.5. The van der Waals surface area contributed by atoms with E-state index in [9.17, 15) is 19.7 Å². The predicted octanol–water partition coefficient (Wildman–Crippen LogP) is 2.07. The molecule has 1 aromatic carbocycles. The van der Waals surface area contributed by atoms with Crippen LogP contribution in [0.5, 0.6) is 0 Å². The van der Waals surface area contributed by atoms with Crippen LogP contribution < -0.4 is 0 Å². The van der Waals surface area contributed by atoms with Crippen LogP contribution in [0, 0.1) is 10.1 Å². The van der Waals surface area contributed by atoms with Crippen molar-refractivity contribution in [2.24, 2.45) is 0 Å². The first kappa shape index (κ1) is 15.8. The van der Waals surface area contributed by atoms with Crippen molar-refractivity contribution in [2.45, 2.75) is 32.7 Å². The summed E-state index contributed by atoms with van der Waals surface area (Å²) in [7, 11) is 0. The van der Waals surface area contributed by atoms with Gasteiger partial charge in [0.05, 0.1) is 10.5 Å². The van der Waals surface area contributed by atoms with E-state index in [1.807, 2.05) is 20.8 Å². The quantitative estimate of drug-likeness (QED) is 0.480. The minimum absolute atomic E-state index is 0.00441. The summed E-state index contributed by atoms with van der Waals surface area (Å²) in [5.41, 5.74) is -0.940. The van der Waals surface area contributed by atoms with Crippen molar-refractivity contribution in [3.05, 3.63) is 51.2 Å². The molecule has 9 nitrogen and oxygen atoms in total. The molecule has 0 saturated carbocycles. The van der Waals surface area contributed by atoms with Crippen molar-refractivity contribution in [3.8, 4) is 0 Å². The molecule has 0 spiro atoms. The van der Waals surface area contributed by atoms with E-state index in [4.69, 9.17) is 4.52 Å². The Bertz CT molecular complexity index is 865. The van der Waals surface area contributed by atoms with E-state index in [-0.39, 0.29) is 29.0 Å². The Morgan fingerprint density at radius 3 is 2.54 bits per heavy atom. The highest BCUT2D eigenvalue weighted by Crippen LogP contribution is 2.31. The molecule has 2 heterocycles. The largest absolute Gasteiger partial charge is 0.337 e. The van der Waals surface area contributed by atoms with Crippen LogP contribution >= 0.6 is 0 Å². The molecule has 2 aromatic rings. The van der Waals surface area contributed by atoms with Gasteiger partial charge in [0.15, 0.2) is 5.82 Å². The third kappa shape index (κ3) is 2.43. The number of nitro groups is 1. The number of carbonyl (C=O) groups excluding carboxylic acids is 2. The molecule has 1 aromatic heterocycles. The van der Waals surface area contributed by atoms with E-state index in [1.54, 1.807) is 0 Å². The van der Waals surface area contributed by atoms with Gasteiger partial charge in [-0.3, -0.25) is 24.6 Å². The molecule has 0 bridgehead atoms. The van der Waals surface area contributed by atoms with E-state index < -0.39 is 22.4 Å². The lowest BCUT2D eigenvalue weighted by molar-refractivity contribution is -0.385. The van der Waals surface area contributed by atoms with Gasteiger partial charge in [0, 0.05) is 11.5 Å². The lowest BCUT2D eigenvalue weighted by Gasteiger charge is -2.11. The first-order valence-electron chi connectivity index (χ1n) is 7.17. The minimum atomic E-state index is -0.738. The highest BCUT2D eigenvalue weighted by atomic mass is 16.6. The summed E-state index contributed by atoms with van der Waals surface area (Å²) in [5.74, 6) is -0.816. The molecule has 0 fully saturated rings. The first-order valence-corrected chi connectivity index (χ1v) is 7.17. The van der Waals surface area contributed by atoms with Crippen molar-refractivity contribution in [1.82, 2.24) is 15.0 Å². The predicted molar refractivity (Wildman–Crippen MR) is 80.3 cm³/mol. The molecule has 0 saturated heterocycles. The van der Waals surface area contributed by atoms with E-state index in [2.05, 4.69) is 10.1 Å². The summed E-state index contributed by atoms with van der Waals surface area (Å²) in [6, 6.07) is 3.95. The fraction of sp³-hybridized carbons (Fsp3) is 0.333. The molecule has 0 radical (unpaired) electrons. The summed E-state index contributed by atoms with van der Waals surface area (Å²) in [6.07, 6.45) is 0. The standard InChI is InChI=1S/C15H14N4O5/c1-15(2,3)14-16-10(24-17-14)7-18-12(20)8-5-4-6-9(19(22)23)11(8)13(18)21/h4-6H,7H2,1-3H3. The Morgan fingerprint density at radius 2 is 1.96 bits per heavy atom. The van der Waals surface area contributed by atoms with Crippen molar-refractivity contribution >= 4 is 17.5 Å². The molecule has 24 heavy (non-hydrogen) atoms. The van der Waals surface area contributed by atoms with Crippen LogP contribution in [-0.2, 0) is 12.0 Å². The van der Waals surface area contributed by atoms with E-state index in [1.165, 1.54) is 18.2 Å². The maximum Gasteiger partial charge on any atom is 0.282 e. The maximum atomic E-state index is 12.5. The summed E-state index contributed by atoms with van der Waals surface area (Å²) in [4.78, 5) is 40.3.